The van der Waals surface area contributed by atoms with Crippen LogP contribution in [0.1, 0.15) is 30.8 Å². The third-order valence-corrected chi connectivity index (χ3v) is 3.27. The van der Waals surface area contributed by atoms with Gasteiger partial charge in [-0.1, -0.05) is 44.2 Å². The van der Waals surface area contributed by atoms with Crippen LogP contribution in [-0.2, 0) is 19.3 Å². The van der Waals surface area contributed by atoms with E-state index in [1.54, 1.807) is 0 Å². The van der Waals surface area contributed by atoms with Gasteiger partial charge < -0.3 is 5.73 Å². The number of benzene rings is 1. The van der Waals surface area contributed by atoms with E-state index in [1.807, 2.05) is 18.2 Å². The van der Waals surface area contributed by atoms with Crippen molar-refractivity contribution in [2.24, 2.45) is 5.73 Å². The molecule has 0 spiro atoms. The van der Waals surface area contributed by atoms with Crippen molar-refractivity contribution in [1.29, 1.82) is 0 Å². The fourth-order valence-electron chi connectivity index (χ4n) is 2.32. The Kier molecular flexibility index (Phi) is 4.63. The summed E-state index contributed by atoms with van der Waals surface area (Å²) in [5.74, 6) is 0.829. The molecular weight excluding hydrogens is 234 g/mol. The highest BCUT2D eigenvalue weighted by atomic mass is 14.9. The molecule has 100 valence electrons. The minimum atomic E-state index is 0.647. The fraction of sp³-hybridized carbons (Fsp3) is 0.375. The lowest BCUT2D eigenvalue weighted by atomic mass is 10.0. The van der Waals surface area contributed by atoms with Crippen molar-refractivity contribution in [2.45, 2.75) is 33.1 Å². The lowest BCUT2D eigenvalue weighted by Crippen LogP contribution is -2.12. The van der Waals surface area contributed by atoms with Crippen LogP contribution >= 0.6 is 0 Å². The molecule has 0 amide bonds. The predicted molar refractivity (Wildman–Crippen MR) is 79.0 cm³/mol. The molecule has 19 heavy (non-hydrogen) atoms. The lowest BCUT2D eigenvalue weighted by molar-refractivity contribution is 0.844. The van der Waals surface area contributed by atoms with Gasteiger partial charge in [-0.2, -0.15) is 0 Å². The summed E-state index contributed by atoms with van der Waals surface area (Å²) in [7, 11) is 0. The molecule has 1 aromatic carbocycles. The highest BCUT2D eigenvalue weighted by Crippen LogP contribution is 2.20. The summed E-state index contributed by atoms with van der Waals surface area (Å²) in [4.78, 5) is 9.44. The minimum absolute atomic E-state index is 0.647. The van der Waals surface area contributed by atoms with Gasteiger partial charge in [0.2, 0.25) is 0 Å². The van der Waals surface area contributed by atoms with E-state index in [0.717, 1.165) is 42.0 Å². The number of nitrogens with two attached hydrogens (primary N) is 1. The summed E-state index contributed by atoms with van der Waals surface area (Å²) < 4.78 is 0. The zero-order valence-electron chi connectivity index (χ0n) is 11.7. The Balaban J connectivity index is 2.53. The van der Waals surface area contributed by atoms with Gasteiger partial charge in [-0.15, -0.1) is 0 Å². The van der Waals surface area contributed by atoms with E-state index < -0.39 is 0 Å². The van der Waals surface area contributed by atoms with Gasteiger partial charge in [0, 0.05) is 17.0 Å². The molecule has 0 atom stereocenters. The van der Waals surface area contributed by atoms with Crippen molar-refractivity contribution in [2.75, 3.05) is 6.54 Å². The summed E-state index contributed by atoms with van der Waals surface area (Å²) in [5.41, 5.74) is 10.3. The van der Waals surface area contributed by atoms with Gasteiger partial charge in [0.15, 0.2) is 5.82 Å². The van der Waals surface area contributed by atoms with E-state index in [0.29, 0.717) is 6.54 Å². The average molecular weight is 255 g/mol. The van der Waals surface area contributed by atoms with Crippen molar-refractivity contribution >= 4 is 0 Å². The SMILES string of the molecule is CCc1nc(-c2ccccc2)nc(CC)c1CCN. The van der Waals surface area contributed by atoms with E-state index in [4.69, 9.17) is 15.7 Å². The first-order chi connectivity index (χ1) is 9.30. The van der Waals surface area contributed by atoms with Crippen molar-refractivity contribution in [3.05, 3.63) is 47.3 Å². The van der Waals surface area contributed by atoms with Gasteiger partial charge in [0.1, 0.15) is 0 Å². The van der Waals surface area contributed by atoms with Gasteiger partial charge in [-0.25, -0.2) is 9.97 Å². The zero-order valence-corrected chi connectivity index (χ0v) is 11.7. The molecule has 3 nitrogen and oxygen atoms in total. The molecule has 1 heterocycles. The molecule has 0 aliphatic rings. The molecule has 0 unspecified atom stereocenters. The first-order valence-corrected chi connectivity index (χ1v) is 6.94. The second-order valence-electron chi connectivity index (χ2n) is 4.53. The van der Waals surface area contributed by atoms with Crippen molar-refractivity contribution in [3.63, 3.8) is 0 Å². The van der Waals surface area contributed by atoms with E-state index in [2.05, 4.69) is 26.0 Å². The van der Waals surface area contributed by atoms with Crippen molar-refractivity contribution in [3.8, 4) is 11.4 Å². The third-order valence-electron chi connectivity index (χ3n) is 3.27. The van der Waals surface area contributed by atoms with Crippen LogP contribution in [0.2, 0.25) is 0 Å². The number of aromatic nitrogens is 2. The Labute approximate surface area is 114 Å². The summed E-state index contributed by atoms with van der Waals surface area (Å²) in [5, 5.41) is 0. The summed E-state index contributed by atoms with van der Waals surface area (Å²) in [6.07, 6.45) is 2.71. The first kappa shape index (κ1) is 13.7. The Morgan fingerprint density at radius 1 is 0.947 bits per heavy atom. The minimum Gasteiger partial charge on any atom is -0.330 e. The normalized spacial score (nSPS) is 10.7. The maximum atomic E-state index is 5.70. The second-order valence-corrected chi connectivity index (χ2v) is 4.53. The van der Waals surface area contributed by atoms with Crippen LogP contribution in [0, 0.1) is 0 Å². The number of nitrogens with zero attached hydrogens (tertiary/aromatic N) is 2. The van der Waals surface area contributed by atoms with Crippen LogP contribution < -0.4 is 5.73 Å². The van der Waals surface area contributed by atoms with Crippen LogP contribution in [0.25, 0.3) is 11.4 Å². The van der Waals surface area contributed by atoms with E-state index in [1.165, 1.54) is 5.56 Å². The van der Waals surface area contributed by atoms with Gasteiger partial charge >= 0.3 is 0 Å². The second kappa shape index (κ2) is 6.43. The quantitative estimate of drug-likeness (QED) is 0.893. The zero-order chi connectivity index (χ0) is 13.7. The molecule has 3 heteroatoms. The van der Waals surface area contributed by atoms with Crippen molar-refractivity contribution in [1.82, 2.24) is 9.97 Å². The third kappa shape index (κ3) is 2.99. The number of rotatable bonds is 5. The molecule has 0 fully saturated rings. The highest BCUT2D eigenvalue weighted by molar-refractivity contribution is 5.55. The van der Waals surface area contributed by atoms with Crippen molar-refractivity contribution < 1.29 is 0 Å². The number of aryl methyl sites for hydroxylation is 2. The summed E-state index contributed by atoms with van der Waals surface area (Å²) in [6.45, 7) is 4.92. The Morgan fingerprint density at radius 3 is 2.00 bits per heavy atom. The van der Waals surface area contributed by atoms with Crippen LogP contribution in [-0.4, -0.2) is 16.5 Å². The van der Waals surface area contributed by atoms with Gasteiger partial charge in [-0.05, 0) is 31.4 Å². The van der Waals surface area contributed by atoms with Gasteiger partial charge in [0.25, 0.3) is 0 Å². The van der Waals surface area contributed by atoms with E-state index in [-0.39, 0.29) is 0 Å². The maximum absolute atomic E-state index is 5.70. The monoisotopic (exact) mass is 255 g/mol. The molecule has 0 radical (unpaired) electrons. The molecule has 2 aromatic rings. The van der Waals surface area contributed by atoms with Gasteiger partial charge in [-0.3, -0.25) is 0 Å². The molecular formula is C16H21N3. The Hall–Kier alpha value is -1.74. The van der Waals surface area contributed by atoms with Crippen LogP contribution in [0.15, 0.2) is 30.3 Å². The molecule has 0 saturated heterocycles. The topological polar surface area (TPSA) is 51.8 Å². The molecule has 2 N–H and O–H groups in total. The number of hydrogen-bond donors (Lipinski definition) is 1. The molecule has 0 aliphatic heterocycles. The predicted octanol–water partition coefficient (Wildman–Crippen LogP) is 2.77. The first-order valence-electron chi connectivity index (χ1n) is 6.94. The summed E-state index contributed by atoms with van der Waals surface area (Å²) in [6, 6.07) is 10.1. The highest BCUT2D eigenvalue weighted by Gasteiger charge is 2.12. The summed E-state index contributed by atoms with van der Waals surface area (Å²) >= 11 is 0. The molecule has 2 rings (SSSR count). The molecule has 0 saturated carbocycles. The molecule has 1 aromatic heterocycles. The largest absolute Gasteiger partial charge is 0.330 e. The smallest absolute Gasteiger partial charge is 0.159 e. The van der Waals surface area contributed by atoms with Crippen LogP contribution in [0.3, 0.4) is 0 Å². The lowest BCUT2D eigenvalue weighted by Gasteiger charge is -2.13. The van der Waals surface area contributed by atoms with Gasteiger partial charge in [0.05, 0.1) is 0 Å². The van der Waals surface area contributed by atoms with E-state index in [9.17, 15) is 0 Å². The Morgan fingerprint density at radius 2 is 1.53 bits per heavy atom. The van der Waals surface area contributed by atoms with E-state index >= 15 is 0 Å². The maximum Gasteiger partial charge on any atom is 0.159 e. The standard InChI is InChI=1S/C16H21N3/c1-3-14-13(10-11-17)15(4-2)19-16(18-14)12-8-6-5-7-9-12/h5-9H,3-4,10-11,17H2,1-2H3. The fourth-order valence-corrected chi connectivity index (χ4v) is 2.32. The molecule has 0 bridgehead atoms. The Bertz CT molecular complexity index is 510. The van der Waals surface area contributed by atoms with Crippen LogP contribution in [0.5, 0.6) is 0 Å². The molecule has 0 aliphatic carbocycles. The number of hydrogen-bond acceptors (Lipinski definition) is 3. The van der Waals surface area contributed by atoms with Crippen LogP contribution in [0.4, 0.5) is 0 Å². The average Bonchev–Trinajstić information content (AvgIpc) is 2.48.